The molecule has 1 aromatic heterocycles. The van der Waals surface area contributed by atoms with Crippen LogP contribution in [0.4, 0.5) is 10.2 Å². The number of nitrogens with two attached hydrogens (primary N) is 1. The minimum Gasteiger partial charge on any atom is -0.478 e. The van der Waals surface area contributed by atoms with E-state index in [0.717, 1.165) is 0 Å². The topological polar surface area (TPSA) is 90.1 Å². The predicted octanol–water partition coefficient (Wildman–Crippen LogP) is 3.95. The number of halogens is 1. The summed E-state index contributed by atoms with van der Waals surface area (Å²) in [6.07, 6.45) is 1.40. The highest BCUT2D eigenvalue weighted by molar-refractivity contribution is 7.83. The quantitative estimate of drug-likeness (QED) is 0.660. The minimum atomic E-state index is -1.45. The molecule has 3 N–H and O–H groups in total. The van der Waals surface area contributed by atoms with E-state index in [0.29, 0.717) is 21.7 Å². The van der Waals surface area contributed by atoms with Crippen LogP contribution in [-0.2, 0) is 11.0 Å². The molecule has 0 aliphatic rings. The number of nitrogens with one attached hydrogen (secondary N) is 1. The van der Waals surface area contributed by atoms with E-state index in [4.69, 9.17) is 10.5 Å². The Morgan fingerprint density at radius 1 is 1.14 bits per heavy atom. The highest BCUT2D eigenvalue weighted by Gasteiger charge is 2.19. The maximum atomic E-state index is 14.9. The molecule has 1 atom stereocenters. The Morgan fingerprint density at radius 2 is 1.86 bits per heavy atom. The highest BCUT2D eigenvalue weighted by Crippen LogP contribution is 2.31. The molecular formula is C21H23FN4O2S. The fraction of sp³-hybridized carbons (Fsp3) is 0.238. The van der Waals surface area contributed by atoms with E-state index in [2.05, 4.69) is 14.7 Å². The van der Waals surface area contributed by atoms with Gasteiger partial charge in [-0.15, -0.1) is 0 Å². The SMILES string of the molecule is COc1nc(-c2ccc(-c3ccccc3S(=O)NC(C)(C)C)cc2F)cnc1N. The summed E-state index contributed by atoms with van der Waals surface area (Å²) in [5.41, 5.74) is 7.23. The smallest absolute Gasteiger partial charge is 0.257 e. The molecule has 8 heteroatoms. The highest BCUT2D eigenvalue weighted by atomic mass is 32.2. The molecule has 0 radical (unpaired) electrons. The van der Waals surface area contributed by atoms with E-state index in [9.17, 15) is 8.60 Å². The summed E-state index contributed by atoms with van der Waals surface area (Å²) >= 11 is 0. The van der Waals surface area contributed by atoms with E-state index in [1.54, 1.807) is 18.2 Å². The molecule has 6 nitrogen and oxygen atoms in total. The molecule has 1 heterocycles. The van der Waals surface area contributed by atoms with Gasteiger partial charge in [-0.2, -0.15) is 0 Å². The average Bonchev–Trinajstić information content (AvgIpc) is 2.67. The lowest BCUT2D eigenvalue weighted by Gasteiger charge is -2.20. The number of anilines is 1. The van der Waals surface area contributed by atoms with Crippen LogP contribution >= 0.6 is 0 Å². The van der Waals surface area contributed by atoms with Gasteiger partial charge < -0.3 is 10.5 Å². The van der Waals surface area contributed by atoms with Crippen LogP contribution in [0.2, 0.25) is 0 Å². The number of rotatable bonds is 5. The molecule has 0 saturated carbocycles. The van der Waals surface area contributed by atoms with Crippen LogP contribution in [-0.4, -0.2) is 26.8 Å². The van der Waals surface area contributed by atoms with Gasteiger partial charge in [-0.1, -0.05) is 24.3 Å². The first-order chi connectivity index (χ1) is 13.7. The van der Waals surface area contributed by atoms with Gasteiger partial charge in [-0.05, 0) is 50.1 Å². The molecule has 3 aromatic rings. The Kier molecular flexibility index (Phi) is 5.95. The van der Waals surface area contributed by atoms with Gasteiger partial charge in [-0.25, -0.2) is 23.3 Å². The second-order valence-corrected chi connectivity index (χ2v) is 8.64. The number of nitrogen functional groups attached to an aromatic ring is 1. The summed E-state index contributed by atoms with van der Waals surface area (Å²) in [5.74, 6) is -0.205. The lowest BCUT2D eigenvalue weighted by atomic mass is 10.0. The van der Waals surface area contributed by atoms with Crippen LogP contribution in [0.15, 0.2) is 53.6 Å². The third kappa shape index (κ3) is 4.78. The Morgan fingerprint density at radius 3 is 2.52 bits per heavy atom. The van der Waals surface area contributed by atoms with Crippen molar-refractivity contribution in [2.75, 3.05) is 12.8 Å². The number of hydrogen-bond donors (Lipinski definition) is 2. The van der Waals surface area contributed by atoms with Crippen molar-refractivity contribution in [3.8, 4) is 28.3 Å². The molecule has 152 valence electrons. The number of benzene rings is 2. The van der Waals surface area contributed by atoms with Crippen molar-refractivity contribution in [3.05, 3.63) is 54.5 Å². The lowest BCUT2D eigenvalue weighted by Crippen LogP contribution is -2.37. The van der Waals surface area contributed by atoms with Crippen molar-refractivity contribution in [2.24, 2.45) is 0 Å². The van der Waals surface area contributed by atoms with Crippen molar-refractivity contribution in [1.82, 2.24) is 14.7 Å². The number of methoxy groups -OCH3 is 1. The standard InChI is InChI=1S/C21H23FN4O2S/c1-21(2,3)26-29(27)18-8-6-5-7-14(18)13-9-10-15(16(22)11-13)17-12-24-19(23)20(25-17)28-4/h5-12,26H,1-4H3,(H2,23,24). The molecule has 0 bridgehead atoms. The first-order valence-corrected chi connectivity index (χ1v) is 10.1. The summed E-state index contributed by atoms with van der Waals surface area (Å²) in [4.78, 5) is 8.78. The Balaban J connectivity index is 2.01. The molecule has 2 aromatic carbocycles. The molecule has 0 saturated heterocycles. The largest absolute Gasteiger partial charge is 0.478 e. The van der Waals surface area contributed by atoms with Crippen LogP contribution in [0.25, 0.3) is 22.4 Å². The number of aromatic nitrogens is 2. The lowest BCUT2D eigenvalue weighted by molar-refractivity contribution is 0.399. The molecule has 0 aliphatic carbocycles. The first kappa shape index (κ1) is 20.9. The van der Waals surface area contributed by atoms with E-state index < -0.39 is 16.8 Å². The molecule has 0 aliphatic heterocycles. The van der Waals surface area contributed by atoms with Crippen LogP contribution in [0, 0.1) is 5.82 Å². The molecule has 1 unspecified atom stereocenters. The molecule has 0 amide bonds. The summed E-state index contributed by atoms with van der Waals surface area (Å²) in [5, 5.41) is 0. The van der Waals surface area contributed by atoms with Crippen LogP contribution < -0.4 is 15.2 Å². The van der Waals surface area contributed by atoms with Gasteiger partial charge in [0.15, 0.2) is 5.82 Å². The predicted molar refractivity (Wildman–Crippen MR) is 113 cm³/mol. The van der Waals surface area contributed by atoms with Gasteiger partial charge in [0, 0.05) is 11.1 Å². The van der Waals surface area contributed by atoms with Gasteiger partial charge in [0.1, 0.15) is 16.8 Å². The van der Waals surface area contributed by atoms with E-state index in [1.165, 1.54) is 19.4 Å². The summed E-state index contributed by atoms with van der Waals surface area (Å²) in [6, 6.07) is 12.0. The maximum absolute atomic E-state index is 14.9. The van der Waals surface area contributed by atoms with Crippen LogP contribution in [0.3, 0.4) is 0 Å². The van der Waals surface area contributed by atoms with Gasteiger partial charge in [0.05, 0.1) is 23.9 Å². The van der Waals surface area contributed by atoms with Gasteiger partial charge >= 0.3 is 0 Å². The zero-order valence-corrected chi connectivity index (χ0v) is 17.5. The minimum absolute atomic E-state index is 0.135. The Labute approximate surface area is 171 Å². The van der Waals surface area contributed by atoms with E-state index in [-0.39, 0.29) is 22.8 Å². The molecule has 29 heavy (non-hydrogen) atoms. The fourth-order valence-corrected chi connectivity index (χ4v) is 4.01. The second kappa shape index (κ2) is 8.26. The van der Waals surface area contributed by atoms with Crippen molar-refractivity contribution < 1.29 is 13.3 Å². The zero-order valence-electron chi connectivity index (χ0n) is 16.7. The van der Waals surface area contributed by atoms with E-state index in [1.807, 2.05) is 39.0 Å². The molecular weight excluding hydrogens is 391 g/mol. The average molecular weight is 415 g/mol. The third-order valence-electron chi connectivity index (χ3n) is 4.00. The monoisotopic (exact) mass is 414 g/mol. The van der Waals surface area contributed by atoms with Crippen molar-refractivity contribution >= 4 is 16.8 Å². The number of ether oxygens (including phenoxy) is 1. The van der Waals surface area contributed by atoms with Gasteiger partial charge in [-0.3, -0.25) is 0 Å². The second-order valence-electron chi connectivity index (χ2n) is 7.46. The van der Waals surface area contributed by atoms with E-state index >= 15 is 0 Å². The van der Waals surface area contributed by atoms with Crippen LogP contribution in [0.5, 0.6) is 5.88 Å². The van der Waals surface area contributed by atoms with Crippen molar-refractivity contribution in [2.45, 2.75) is 31.2 Å². The zero-order chi connectivity index (χ0) is 21.2. The summed E-state index contributed by atoms with van der Waals surface area (Å²) in [6.45, 7) is 5.80. The summed E-state index contributed by atoms with van der Waals surface area (Å²) in [7, 11) is -0.0222. The molecule has 0 spiro atoms. The summed E-state index contributed by atoms with van der Waals surface area (Å²) < 4.78 is 35.8. The van der Waals surface area contributed by atoms with Crippen LogP contribution in [0.1, 0.15) is 20.8 Å². The molecule has 3 rings (SSSR count). The molecule has 0 fully saturated rings. The third-order valence-corrected chi connectivity index (χ3v) is 5.56. The maximum Gasteiger partial charge on any atom is 0.257 e. The van der Waals surface area contributed by atoms with Gasteiger partial charge in [0.25, 0.3) is 5.88 Å². The van der Waals surface area contributed by atoms with Gasteiger partial charge in [0.2, 0.25) is 0 Å². The van der Waals surface area contributed by atoms with Crippen molar-refractivity contribution in [3.63, 3.8) is 0 Å². The first-order valence-electron chi connectivity index (χ1n) is 8.95. The Hall–Kier alpha value is -2.84. The Bertz CT molecular complexity index is 1070. The normalized spacial score (nSPS) is 12.6. The fourth-order valence-electron chi connectivity index (χ4n) is 2.75. The number of hydrogen-bond acceptors (Lipinski definition) is 5. The van der Waals surface area contributed by atoms with Crippen molar-refractivity contribution in [1.29, 1.82) is 0 Å². The number of nitrogens with zero attached hydrogens (tertiary/aromatic N) is 2.